The highest BCUT2D eigenvalue weighted by Crippen LogP contribution is 2.16. The van der Waals surface area contributed by atoms with Gasteiger partial charge in [-0.1, -0.05) is 0 Å². The van der Waals surface area contributed by atoms with Crippen LogP contribution in [-0.2, 0) is 0 Å². The van der Waals surface area contributed by atoms with Crippen molar-refractivity contribution in [3.8, 4) is 17.3 Å². The molecule has 0 saturated carbocycles. The van der Waals surface area contributed by atoms with Crippen molar-refractivity contribution in [3.05, 3.63) is 30.2 Å². The molecule has 0 aliphatic heterocycles. The van der Waals surface area contributed by atoms with E-state index in [0.717, 1.165) is 17.1 Å². The summed E-state index contributed by atoms with van der Waals surface area (Å²) in [5.74, 6) is 1.44. The molecule has 2 aromatic rings. The van der Waals surface area contributed by atoms with E-state index in [-0.39, 0.29) is 0 Å². The van der Waals surface area contributed by atoms with Crippen LogP contribution in [0.5, 0.6) is 5.88 Å². The van der Waals surface area contributed by atoms with Gasteiger partial charge in [0.2, 0.25) is 5.88 Å². The standard InChI is InChI=1S/C10H11N3O/c1-7-5-12-10(13-7)8-3-4-9(14-2)11-6-8/h3-6H,1-2H3,(H,12,13). The van der Waals surface area contributed by atoms with Gasteiger partial charge in [-0.15, -0.1) is 0 Å². The van der Waals surface area contributed by atoms with Crippen LogP contribution >= 0.6 is 0 Å². The second kappa shape index (κ2) is 3.49. The lowest BCUT2D eigenvalue weighted by atomic mass is 10.3. The molecule has 14 heavy (non-hydrogen) atoms. The molecule has 0 atom stereocenters. The Hall–Kier alpha value is -1.84. The van der Waals surface area contributed by atoms with Crippen molar-refractivity contribution in [3.63, 3.8) is 0 Å². The number of aromatic amines is 1. The number of H-pyrrole nitrogens is 1. The van der Waals surface area contributed by atoms with E-state index in [2.05, 4.69) is 15.0 Å². The minimum absolute atomic E-state index is 0.608. The molecule has 4 heteroatoms. The molecule has 0 aliphatic carbocycles. The molecule has 1 N–H and O–H groups in total. The number of aryl methyl sites for hydroxylation is 1. The molecule has 0 aromatic carbocycles. The van der Waals surface area contributed by atoms with Gasteiger partial charge < -0.3 is 9.72 Å². The number of rotatable bonds is 2. The Morgan fingerprint density at radius 3 is 2.57 bits per heavy atom. The van der Waals surface area contributed by atoms with E-state index < -0.39 is 0 Å². The van der Waals surface area contributed by atoms with Gasteiger partial charge in [0.15, 0.2) is 0 Å². The predicted octanol–water partition coefficient (Wildman–Crippen LogP) is 1.79. The molecule has 0 spiro atoms. The lowest BCUT2D eigenvalue weighted by Gasteiger charge is -1.99. The maximum atomic E-state index is 4.97. The van der Waals surface area contributed by atoms with Crippen molar-refractivity contribution in [2.45, 2.75) is 6.92 Å². The Labute approximate surface area is 82.0 Å². The smallest absolute Gasteiger partial charge is 0.212 e. The summed E-state index contributed by atoms with van der Waals surface area (Å²) in [6.07, 6.45) is 3.52. The highest BCUT2D eigenvalue weighted by molar-refractivity contribution is 5.54. The van der Waals surface area contributed by atoms with Crippen molar-refractivity contribution >= 4 is 0 Å². The molecule has 2 rings (SSSR count). The highest BCUT2D eigenvalue weighted by atomic mass is 16.5. The van der Waals surface area contributed by atoms with Gasteiger partial charge in [-0.3, -0.25) is 0 Å². The van der Waals surface area contributed by atoms with Gasteiger partial charge in [0.05, 0.1) is 7.11 Å². The topological polar surface area (TPSA) is 50.8 Å². The molecule has 0 radical (unpaired) electrons. The van der Waals surface area contributed by atoms with E-state index in [1.54, 1.807) is 19.5 Å². The second-order valence-electron chi connectivity index (χ2n) is 3.00. The first-order valence-corrected chi connectivity index (χ1v) is 4.31. The molecule has 2 heterocycles. The molecule has 0 aliphatic rings. The quantitative estimate of drug-likeness (QED) is 0.783. The van der Waals surface area contributed by atoms with Crippen LogP contribution in [0.3, 0.4) is 0 Å². The molecule has 0 unspecified atom stereocenters. The fourth-order valence-corrected chi connectivity index (χ4v) is 1.20. The average molecular weight is 189 g/mol. The Balaban J connectivity index is 2.33. The zero-order valence-corrected chi connectivity index (χ0v) is 8.11. The number of methoxy groups -OCH3 is 1. The monoisotopic (exact) mass is 189 g/mol. The maximum absolute atomic E-state index is 4.97. The summed E-state index contributed by atoms with van der Waals surface area (Å²) in [6.45, 7) is 1.97. The third-order valence-electron chi connectivity index (χ3n) is 1.92. The lowest BCUT2D eigenvalue weighted by molar-refractivity contribution is 0.398. The number of ether oxygens (including phenoxy) is 1. The van der Waals surface area contributed by atoms with Gasteiger partial charge in [-0.25, -0.2) is 9.97 Å². The number of hydrogen-bond acceptors (Lipinski definition) is 3. The molecule has 0 saturated heterocycles. The molecule has 0 fully saturated rings. The summed E-state index contributed by atoms with van der Waals surface area (Å²) in [5, 5.41) is 0. The number of hydrogen-bond donors (Lipinski definition) is 1. The van der Waals surface area contributed by atoms with Crippen molar-refractivity contribution in [2.24, 2.45) is 0 Å². The largest absolute Gasteiger partial charge is 0.481 e. The number of imidazole rings is 1. The normalized spacial score (nSPS) is 10.1. The number of nitrogens with one attached hydrogen (secondary N) is 1. The molecular weight excluding hydrogens is 178 g/mol. The fourth-order valence-electron chi connectivity index (χ4n) is 1.20. The van der Waals surface area contributed by atoms with Crippen LogP contribution in [0.4, 0.5) is 0 Å². The van der Waals surface area contributed by atoms with E-state index in [9.17, 15) is 0 Å². The Bertz CT molecular complexity index is 419. The Morgan fingerprint density at radius 1 is 1.21 bits per heavy atom. The Morgan fingerprint density at radius 2 is 2.07 bits per heavy atom. The van der Waals surface area contributed by atoms with Crippen LogP contribution in [0.2, 0.25) is 0 Å². The van der Waals surface area contributed by atoms with Crippen molar-refractivity contribution < 1.29 is 4.74 Å². The van der Waals surface area contributed by atoms with Crippen LogP contribution < -0.4 is 4.74 Å². The molecule has 0 bridgehead atoms. The SMILES string of the molecule is COc1ccc(-c2ncc(C)[nH]2)cn1. The summed E-state index contributed by atoms with van der Waals surface area (Å²) < 4.78 is 4.97. The van der Waals surface area contributed by atoms with Gasteiger partial charge in [-0.05, 0) is 13.0 Å². The maximum Gasteiger partial charge on any atom is 0.212 e. The zero-order chi connectivity index (χ0) is 9.97. The summed E-state index contributed by atoms with van der Waals surface area (Å²) in [4.78, 5) is 11.4. The molecule has 0 amide bonds. The number of aromatic nitrogens is 3. The first-order chi connectivity index (χ1) is 6.79. The van der Waals surface area contributed by atoms with Crippen LogP contribution in [0.1, 0.15) is 5.69 Å². The predicted molar refractivity (Wildman–Crippen MR) is 53.1 cm³/mol. The average Bonchev–Trinajstić information content (AvgIpc) is 2.65. The third kappa shape index (κ3) is 1.59. The Kier molecular flexibility index (Phi) is 2.18. The molecule has 2 aromatic heterocycles. The highest BCUT2D eigenvalue weighted by Gasteiger charge is 2.01. The summed E-state index contributed by atoms with van der Waals surface area (Å²) >= 11 is 0. The van der Waals surface area contributed by atoms with Gasteiger partial charge in [0.1, 0.15) is 5.82 Å². The summed E-state index contributed by atoms with van der Waals surface area (Å²) in [6, 6.07) is 3.73. The van der Waals surface area contributed by atoms with Crippen LogP contribution in [0, 0.1) is 6.92 Å². The molecule has 72 valence electrons. The van der Waals surface area contributed by atoms with Gasteiger partial charge >= 0.3 is 0 Å². The van der Waals surface area contributed by atoms with E-state index in [1.807, 2.05) is 19.1 Å². The minimum atomic E-state index is 0.608. The van der Waals surface area contributed by atoms with E-state index >= 15 is 0 Å². The zero-order valence-electron chi connectivity index (χ0n) is 8.11. The summed E-state index contributed by atoms with van der Waals surface area (Å²) in [5.41, 5.74) is 2.00. The van der Waals surface area contributed by atoms with Gasteiger partial charge in [0.25, 0.3) is 0 Å². The van der Waals surface area contributed by atoms with Crippen molar-refractivity contribution in [1.82, 2.24) is 15.0 Å². The first kappa shape index (κ1) is 8.74. The van der Waals surface area contributed by atoms with Gasteiger partial charge in [-0.2, -0.15) is 0 Å². The minimum Gasteiger partial charge on any atom is -0.481 e. The van der Waals surface area contributed by atoms with Crippen molar-refractivity contribution in [1.29, 1.82) is 0 Å². The van der Waals surface area contributed by atoms with E-state index in [1.165, 1.54) is 0 Å². The van der Waals surface area contributed by atoms with Crippen LogP contribution in [0.25, 0.3) is 11.4 Å². The number of nitrogens with zero attached hydrogens (tertiary/aromatic N) is 2. The van der Waals surface area contributed by atoms with Crippen molar-refractivity contribution in [2.75, 3.05) is 7.11 Å². The summed E-state index contributed by atoms with van der Waals surface area (Å²) in [7, 11) is 1.60. The lowest BCUT2D eigenvalue weighted by Crippen LogP contribution is -1.88. The van der Waals surface area contributed by atoms with E-state index in [0.29, 0.717) is 5.88 Å². The van der Waals surface area contributed by atoms with Crippen LogP contribution in [0.15, 0.2) is 24.5 Å². The van der Waals surface area contributed by atoms with E-state index in [4.69, 9.17) is 4.74 Å². The second-order valence-corrected chi connectivity index (χ2v) is 3.00. The molecule has 4 nitrogen and oxygen atoms in total. The fraction of sp³-hybridized carbons (Fsp3) is 0.200. The first-order valence-electron chi connectivity index (χ1n) is 4.31. The molecular formula is C10H11N3O. The van der Waals surface area contributed by atoms with Gasteiger partial charge in [0, 0.05) is 29.7 Å². The third-order valence-corrected chi connectivity index (χ3v) is 1.92. The van der Waals surface area contributed by atoms with Crippen LogP contribution in [-0.4, -0.2) is 22.1 Å². The number of pyridine rings is 1.